The van der Waals surface area contributed by atoms with Gasteiger partial charge in [0, 0.05) is 33.9 Å². The Labute approximate surface area is 197 Å². The number of benzene rings is 3. The van der Waals surface area contributed by atoms with Crippen LogP contribution in [-0.4, -0.2) is 36.8 Å². The molecule has 0 aliphatic carbocycles. The lowest BCUT2D eigenvalue weighted by molar-refractivity contribution is 0.388. The molecule has 0 amide bonds. The summed E-state index contributed by atoms with van der Waals surface area (Å²) in [6.07, 6.45) is 2.99. The van der Waals surface area contributed by atoms with E-state index in [1.807, 2.05) is 0 Å². The van der Waals surface area contributed by atoms with Crippen molar-refractivity contribution in [2.24, 2.45) is 4.36 Å². The summed E-state index contributed by atoms with van der Waals surface area (Å²) in [7, 11) is -2.37. The molecule has 35 heavy (non-hydrogen) atoms. The van der Waals surface area contributed by atoms with E-state index in [9.17, 15) is 13.4 Å². The lowest BCUT2D eigenvalue weighted by Crippen LogP contribution is -1.95. The van der Waals surface area contributed by atoms with Gasteiger partial charge in [-0.2, -0.15) is 9.35 Å². The highest BCUT2D eigenvalue weighted by Gasteiger charge is 2.19. The molecule has 0 spiro atoms. The van der Waals surface area contributed by atoms with Gasteiger partial charge >= 0.3 is 5.76 Å². The van der Waals surface area contributed by atoms with Crippen LogP contribution in [0.1, 0.15) is 0 Å². The second-order valence-electron chi connectivity index (χ2n) is 7.88. The Kier molecular flexibility index (Phi) is 5.44. The zero-order chi connectivity index (χ0) is 24.7. The number of aromatic amines is 2. The average Bonchev–Trinajstić information content (AvgIpc) is 3.40. The third-order valence-electron chi connectivity index (χ3n) is 4.89. The molecular weight excluding hydrogens is 480 g/mol. The number of imidazole rings is 1. The van der Waals surface area contributed by atoms with Crippen LogP contribution in [-0.2, 0) is 9.73 Å². The fourth-order valence-corrected chi connectivity index (χ4v) is 4.12. The molecule has 2 aromatic heterocycles. The van der Waals surface area contributed by atoms with Crippen molar-refractivity contribution in [3.8, 4) is 34.3 Å². The summed E-state index contributed by atoms with van der Waals surface area (Å²) in [5, 5.41) is 3.62. The van der Waals surface area contributed by atoms with Crippen LogP contribution in [0.2, 0.25) is 0 Å². The van der Waals surface area contributed by atoms with Crippen molar-refractivity contribution in [2.75, 3.05) is 12.5 Å². The third kappa shape index (κ3) is 4.68. The van der Waals surface area contributed by atoms with Gasteiger partial charge in [0.15, 0.2) is 11.6 Å². The summed E-state index contributed by atoms with van der Waals surface area (Å²) >= 11 is 0. The Bertz CT molecular complexity index is 1740. The van der Waals surface area contributed by atoms with Crippen LogP contribution in [0.5, 0.6) is 11.8 Å². The van der Waals surface area contributed by atoms with Crippen LogP contribution in [0.4, 0.5) is 14.5 Å². The van der Waals surface area contributed by atoms with Crippen molar-refractivity contribution in [3.63, 3.8) is 0 Å². The predicted molar refractivity (Wildman–Crippen MR) is 126 cm³/mol. The van der Waals surface area contributed by atoms with Gasteiger partial charge in [-0.15, -0.1) is 0 Å². The lowest BCUT2D eigenvalue weighted by atomic mass is 10.0. The van der Waals surface area contributed by atoms with Crippen molar-refractivity contribution >= 4 is 26.4 Å². The number of rotatable bonds is 5. The second-order valence-corrected chi connectivity index (χ2v) is 10.4. The number of aromatic nitrogens is 4. The molecular formula is C23H17F2N5O4S. The van der Waals surface area contributed by atoms with Crippen LogP contribution < -0.4 is 10.5 Å². The van der Waals surface area contributed by atoms with E-state index in [-0.39, 0.29) is 34.0 Å². The topological polar surface area (TPSA) is 126 Å². The first-order valence-corrected chi connectivity index (χ1v) is 12.5. The molecule has 5 aromatic rings. The number of halogens is 2. The van der Waals surface area contributed by atoms with E-state index in [1.54, 1.807) is 36.4 Å². The predicted octanol–water partition coefficient (Wildman–Crippen LogP) is 5.00. The zero-order valence-corrected chi connectivity index (χ0v) is 19.2. The van der Waals surface area contributed by atoms with E-state index in [4.69, 9.17) is 4.74 Å². The Morgan fingerprint density at radius 1 is 1.03 bits per heavy atom. The summed E-state index contributed by atoms with van der Waals surface area (Å²) in [5.41, 5.74) is 0.984. The SMILES string of the molecule is CS(C)(=O)=Nc1ccc(-c2c(F)cc3[nH]c(Oc4cccc(-c5noc(=O)[nH]5)c4)nc3c2F)cc1. The molecule has 0 unspecified atom stereocenters. The maximum absolute atomic E-state index is 15.3. The third-order valence-corrected chi connectivity index (χ3v) is 5.54. The molecule has 5 rings (SSSR count). The summed E-state index contributed by atoms with van der Waals surface area (Å²) in [6.45, 7) is 0. The summed E-state index contributed by atoms with van der Waals surface area (Å²) in [6, 6.07) is 13.7. The minimum absolute atomic E-state index is 0.0592. The van der Waals surface area contributed by atoms with E-state index < -0.39 is 27.1 Å². The number of fused-ring (bicyclic) bond motifs is 1. The van der Waals surface area contributed by atoms with E-state index in [2.05, 4.69) is 29.0 Å². The van der Waals surface area contributed by atoms with Crippen molar-refractivity contribution in [1.82, 2.24) is 20.1 Å². The van der Waals surface area contributed by atoms with E-state index >= 15 is 4.39 Å². The first kappa shape index (κ1) is 22.5. The zero-order valence-electron chi connectivity index (χ0n) is 18.3. The molecule has 9 nitrogen and oxygen atoms in total. The highest BCUT2D eigenvalue weighted by molar-refractivity contribution is 7.92. The Hall–Kier alpha value is -4.32. The molecule has 178 valence electrons. The van der Waals surface area contributed by atoms with Gasteiger partial charge in [-0.1, -0.05) is 29.4 Å². The molecule has 2 N–H and O–H groups in total. The Morgan fingerprint density at radius 2 is 1.80 bits per heavy atom. The van der Waals surface area contributed by atoms with Crippen LogP contribution in [0.15, 0.2) is 68.3 Å². The standard InChI is InChI=1S/C23H17F2N5O4S/c1-35(2,32)30-14-8-6-12(7-9-14)18-16(24)11-17-20(19(18)25)27-22(26-17)33-15-5-3-4-13(10-15)21-28-23(31)34-29-21/h3-11H,1-2H3,(H,26,27)(H,28,29,31). The fourth-order valence-electron chi connectivity index (χ4n) is 3.49. The fraction of sp³-hybridized carbons (Fsp3) is 0.0870. The number of hydrogen-bond acceptors (Lipinski definition) is 7. The maximum atomic E-state index is 15.3. The smallest absolute Gasteiger partial charge is 0.426 e. The number of ether oxygens (including phenoxy) is 1. The first-order valence-electron chi connectivity index (χ1n) is 10.2. The molecule has 0 fully saturated rings. The Balaban J connectivity index is 1.48. The molecule has 0 radical (unpaired) electrons. The molecule has 0 saturated carbocycles. The summed E-state index contributed by atoms with van der Waals surface area (Å²) in [4.78, 5) is 20.5. The van der Waals surface area contributed by atoms with Crippen LogP contribution in [0.3, 0.4) is 0 Å². The molecule has 2 heterocycles. The van der Waals surface area contributed by atoms with E-state index in [0.29, 0.717) is 17.0 Å². The highest BCUT2D eigenvalue weighted by Crippen LogP contribution is 2.34. The molecule has 0 aliphatic rings. The highest BCUT2D eigenvalue weighted by atomic mass is 32.2. The molecule has 0 bridgehead atoms. The summed E-state index contributed by atoms with van der Waals surface area (Å²) < 4.78 is 56.3. The number of nitrogens with zero attached hydrogens (tertiary/aromatic N) is 3. The molecule has 0 saturated heterocycles. The monoisotopic (exact) mass is 497 g/mol. The van der Waals surface area contributed by atoms with Crippen molar-refractivity contribution in [1.29, 1.82) is 0 Å². The molecule has 0 atom stereocenters. The van der Waals surface area contributed by atoms with Gasteiger partial charge in [0.2, 0.25) is 0 Å². The van der Waals surface area contributed by atoms with Gasteiger partial charge in [-0.05, 0) is 29.8 Å². The first-order chi connectivity index (χ1) is 16.7. The minimum Gasteiger partial charge on any atom is -0.426 e. The van der Waals surface area contributed by atoms with Crippen LogP contribution >= 0.6 is 0 Å². The van der Waals surface area contributed by atoms with Gasteiger partial charge in [0.25, 0.3) is 6.01 Å². The number of nitrogens with one attached hydrogen (secondary N) is 2. The van der Waals surface area contributed by atoms with Gasteiger partial charge < -0.3 is 9.72 Å². The van der Waals surface area contributed by atoms with Crippen LogP contribution in [0.25, 0.3) is 33.5 Å². The second kappa shape index (κ2) is 8.47. The maximum Gasteiger partial charge on any atom is 0.439 e. The summed E-state index contributed by atoms with van der Waals surface area (Å²) in [5.74, 6) is -1.83. The van der Waals surface area contributed by atoms with Gasteiger partial charge in [0.1, 0.15) is 17.1 Å². The minimum atomic E-state index is -2.37. The molecule has 3 aromatic carbocycles. The molecule has 0 aliphatic heterocycles. The lowest BCUT2D eigenvalue weighted by Gasteiger charge is -2.06. The van der Waals surface area contributed by atoms with Gasteiger partial charge in [-0.3, -0.25) is 9.51 Å². The number of H-pyrrole nitrogens is 2. The van der Waals surface area contributed by atoms with Gasteiger partial charge in [0.05, 0.1) is 16.8 Å². The normalized spacial score (nSPS) is 11.7. The Morgan fingerprint density at radius 3 is 2.49 bits per heavy atom. The number of hydrogen-bond donors (Lipinski definition) is 2. The van der Waals surface area contributed by atoms with E-state index in [0.717, 1.165) is 6.07 Å². The van der Waals surface area contributed by atoms with Crippen molar-refractivity contribution in [3.05, 3.63) is 76.8 Å². The van der Waals surface area contributed by atoms with Crippen LogP contribution in [0, 0.1) is 11.6 Å². The quantitative estimate of drug-likeness (QED) is 0.352. The van der Waals surface area contributed by atoms with E-state index in [1.165, 1.54) is 24.6 Å². The van der Waals surface area contributed by atoms with Crippen molar-refractivity contribution in [2.45, 2.75) is 0 Å². The molecule has 12 heteroatoms. The van der Waals surface area contributed by atoms with Gasteiger partial charge in [-0.25, -0.2) is 17.8 Å². The van der Waals surface area contributed by atoms with Crippen molar-refractivity contribution < 1.29 is 22.2 Å². The largest absolute Gasteiger partial charge is 0.439 e. The average molecular weight is 497 g/mol.